The SMILES string of the molecule is COCCn1ccc(-c2cccc(F)c2)c1. The topological polar surface area (TPSA) is 14.2 Å². The molecule has 84 valence electrons. The lowest BCUT2D eigenvalue weighted by Gasteiger charge is -2.01. The zero-order valence-electron chi connectivity index (χ0n) is 9.19. The van der Waals surface area contributed by atoms with Gasteiger partial charge in [0, 0.05) is 26.0 Å². The highest BCUT2D eigenvalue weighted by atomic mass is 19.1. The molecule has 0 aliphatic heterocycles. The summed E-state index contributed by atoms with van der Waals surface area (Å²) in [4.78, 5) is 0. The first-order chi connectivity index (χ1) is 7.79. The molecule has 2 nitrogen and oxygen atoms in total. The lowest BCUT2D eigenvalue weighted by molar-refractivity contribution is 0.187. The molecule has 0 saturated carbocycles. The molecule has 1 heterocycles. The molecule has 0 fully saturated rings. The maximum atomic E-state index is 13.0. The second-order valence-electron chi connectivity index (χ2n) is 3.64. The van der Waals surface area contributed by atoms with Gasteiger partial charge in [-0.15, -0.1) is 0 Å². The molecule has 0 saturated heterocycles. The quantitative estimate of drug-likeness (QED) is 0.771. The van der Waals surface area contributed by atoms with Gasteiger partial charge in [0.2, 0.25) is 0 Å². The van der Waals surface area contributed by atoms with E-state index in [0.29, 0.717) is 6.61 Å². The summed E-state index contributed by atoms with van der Waals surface area (Å²) in [6, 6.07) is 8.59. The van der Waals surface area contributed by atoms with Crippen LogP contribution in [0.1, 0.15) is 0 Å². The number of ether oxygens (including phenoxy) is 1. The van der Waals surface area contributed by atoms with Crippen LogP contribution in [0.3, 0.4) is 0 Å². The minimum atomic E-state index is -0.206. The third-order valence-electron chi connectivity index (χ3n) is 2.46. The van der Waals surface area contributed by atoms with Crippen molar-refractivity contribution in [2.75, 3.05) is 13.7 Å². The van der Waals surface area contributed by atoms with E-state index in [0.717, 1.165) is 17.7 Å². The Morgan fingerprint density at radius 3 is 2.88 bits per heavy atom. The average Bonchev–Trinajstić information content (AvgIpc) is 2.75. The van der Waals surface area contributed by atoms with Gasteiger partial charge in [0.05, 0.1) is 6.61 Å². The van der Waals surface area contributed by atoms with E-state index in [-0.39, 0.29) is 5.82 Å². The number of benzene rings is 1. The van der Waals surface area contributed by atoms with Crippen molar-refractivity contribution in [3.05, 3.63) is 48.5 Å². The Kier molecular flexibility index (Phi) is 3.37. The molecule has 2 aromatic rings. The molecule has 0 aliphatic rings. The summed E-state index contributed by atoms with van der Waals surface area (Å²) in [5.41, 5.74) is 1.92. The molecule has 16 heavy (non-hydrogen) atoms. The van der Waals surface area contributed by atoms with Crippen LogP contribution < -0.4 is 0 Å². The predicted molar refractivity (Wildman–Crippen MR) is 61.7 cm³/mol. The number of aromatic nitrogens is 1. The van der Waals surface area contributed by atoms with Crippen LogP contribution in [0.15, 0.2) is 42.7 Å². The van der Waals surface area contributed by atoms with Gasteiger partial charge < -0.3 is 9.30 Å². The Bertz CT molecular complexity index is 464. The van der Waals surface area contributed by atoms with Crippen molar-refractivity contribution in [3.8, 4) is 11.1 Å². The van der Waals surface area contributed by atoms with Crippen molar-refractivity contribution in [1.29, 1.82) is 0 Å². The summed E-state index contributed by atoms with van der Waals surface area (Å²) in [6.07, 6.45) is 3.97. The van der Waals surface area contributed by atoms with Gasteiger partial charge in [-0.25, -0.2) is 4.39 Å². The van der Waals surface area contributed by atoms with Crippen LogP contribution in [0.25, 0.3) is 11.1 Å². The minimum Gasteiger partial charge on any atom is -0.383 e. The molecule has 0 amide bonds. The fourth-order valence-electron chi connectivity index (χ4n) is 1.62. The summed E-state index contributed by atoms with van der Waals surface area (Å²) in [5, 5.41) is 0. The molecular weight excluding hydrogens is 205 g/mol. The first kappa shape index (κ1) is 10.9. The summed E-state index contributed by atoms with van der Waals surface area (Å²) in [5.74, 6) is -0.206. The molecule has 0 N–H and O–H groups in total. The number of rotatable bonds is 4. The van der Waals surface area contributed by atoms with Gasteiger partial charge in [-0.3, -0.25) is 0 Å². The summed E-state index contributed by atoms with van der Waals surface area (Å²) < 4.78 is 20.1. The van der Waals surface area contributed by atoms with E-state index in [2.05, 4.69) is 0 Å². The summed E-state index contributed by atoms with van der Waals surface area (Å²) in [6.45, 7) is 1.49. The smallest absolute Gasteiger partial charge is 0.123 e. The third-order valence-corrected chi connectivity index (χ3v) is 2.46. The fraction of sp³-hybridized carbons (Fsp3) is 0.231. The lowest BCUT2D eigenvalue weighted by atomic mass is 10.1. The van der Waals surface area contributed by atoms with Gasteiger partial charge in [0.15, 0.2) is 0 Å². The van der Waals surface area contributed by atoms with Gasteiger partial charge >= 0.3 is 0 Å². The molecule has 0 aliphatic carbocycles. The Morgan fingerprint density at radius 1 is 1.25 bits per heavy atom. The monoisotopic (exact) mass is 219 g/mol. The van der Waals surface area contributed by atoms with E-state index in [1.54, 1.807) is 13.2 Å². The Labute approximate surface area is 94.3 Å². The molecule has 0 bridgehead atoms. The highest BCUT2D eigenvalue weighted by Gasteiger charge is 2.01. The van der Waals surface area contributed by atoms with E-state index >= 15 is 0 Å². The van der Waals surface area contributed by atoms with Gasteiger partial charge in [-0.05, 0) is 29.3 Å². The average molecular weight is 219 g/mol. The molecule has 1 aromatic heterocycles. The Balaban J connectivity index is 2.18. The van der Waals surface area contributed by atoms with Gasteiger partial charge in [0.1, 0.15) is 5.82 Å². The zero-order valence-corrected chi connectivity index (χ0v) is 9.19. The first-order valence-corrected chi connectivity index (χ1v) is 5.20. The van der Waals surface area contributed by atoms with Crippen LogP contribution in [-0.4, -0.2) is 18.3 Å². The Hall–Kier alpha value is -1.61. The third kappa shape index (κ3) is 2.49. The van der Waals surface area contributed by atoms with Gasteiger partial charge in [-0.1, -0.05) is 12.1 Å². The number of hydrogen-bond acceptors (Lipinski definition) is 1. The van der Waals surface area contributed by atoms with E-state index < -0.39 is 0 Å². The largest absolute Gasteiger partial charge is 0.383 e. The van der Waals surface area contributed by atoms with Crippen molar-refractivity contribution in [2.24, 2.45) is 0 Å². The van der Waals surface area contributed by atoms with Crippen LogP contribution in [-0.2, 0) is 11.3 Å². The molecule has 0 unspecified atom stereocenters. The van der Waals surface area contributed by atoms with Crippen molar-refractivity contribution >= 4 is 0 Å². The summed E-state index contributed by atoms with van der Waals surface area (Å²) >= 11 is 0. The van der Waals surface area contributed by atoms with Crippen molar-refractivity contribution in [2.45, 2.75) is 6.54 Å². The van der Waals surface area contributed by atoms with Crippen LogP contribution in [0, 0.1) is 5.82 Å². The highest BCUT2D eigenvalue weighted by molar-refractivity contribution is 5.62. The van der Waals surface area contributed by atoms with E-state index in [4.69, 9.17) is 4.74 Å². The van der Waals surface area contributed by atoms with E-state index in [1.807, 2.05) is 29.1 Å². The van der Waals surface area contributed by atoms with E-state index in [1.165, 1.54) is 12.1 Å². The molecule has 1 aromatic carbocycles. The standard InChI is InChI=1S/C13H14FNO/c1-16-8-7-15-6-5-12(10-15)11-3-2-4-13(14)9-11/h2-6,9-10H,7-8H2,1H3. The minimum absolute atomic E-state index is 0.206. The lowest BCUT2D eigenvalue weighted by Crippen LogP contribution is -2.00. The molecule has 3 heteroatoms. The van der Waals surface area contributed by atoms with Crippen molar-refractivity contribution in [1.82, 2.24) is 4.57 Å². The molecule has 0 spiro atoms. The molecular formula is C13H14FNO. The van der Waals surface area contributed by atoms with E-state index in [9.17, 15) is 4.39 Å². The second-order valence-corrected chi connectivity index (χ2v) is 3.64. The highest BCUT2D eigenvalue weighted by Crippen LogP contribution is 2.20. The van der Waals surface area contributed by atoms with Crippen molar-refractivity contribution in [3.63, 3.8) is 0 Å². The van der Waals surface area contributed by atoms with Crippen LogP contribution in [0.5, 0.6) is 0 Å². The number of hydrogen-bond donors (Lipinski definition) is 0. The molecule has 0 radical (unpaired) electrons. The van der Waals surface area contributed by atoms with Crippen LogP contribution in [0.4, 0.5) is 4.39 Å². The number of methoxy groups -OCH3 is 1. The summed E-state index contributed by atoms with van der Waals surface area (Å²) in [7, 11) is 1.68. The fourth-order valence-corrected chi connectivity index (χ4v) is 1.62. The maximum absolute atomic E-state index is 13.0. The first-order valence-electron chi connectivity index (χ1n) is 5.20. The number of nitrogens with zero attached hydrogens (tertiary/aromatic N) is 1. The van der Waals surface area contributed by atoms with Crippen LogP contribution >= 0.6 is 0 Å². The predicted octanol–water partition coefficient (Wildman–Crippen LogP) is 2.94. The van der Waals surface area contributed by atoms with Crippen molar-refractivity contribution < 1.29 is 9.13 Å². The van der Waals surface area contributed by atoms with Crippen LogP contribution in [0.2, 0.25) is 0 Å². The molecule has 2 rings (SSSR count). The zero-order chi connectivity index (χ0) is 11.4. The van der Waals surface area contributed by atoms with Gasteiger partial charge in [-0.2, -0.15) is 0 Å². The maximum Gasteiger partial charge on any atom is 0.123 e. The normalized spacial score (nSPS) is 10.6. The Morgan fingerprint density at radius 2 is 2.12 bits per heavy atom. The molecule has 0 atom stereocenters. The number of halogens is 1. The second kappa shape index (κ2) is 4.94. The van der Waals surface area contributed by atoms with Gasteiger partial charge in [0.25, 0.3) is 0 Å².